The molecule has 0 saturated carbocycles. The van der Waals surface area contributed by atoms with Gasteiger partial charge in [0.15, 0.2) is 0 Å². The first kappa shape index (κ1) is 25.1. The Morgan fingerprint density at radius 1 is 0.839 bits per heavy atom. The quantitative estimate of drug-likeness (QED) is 0.404. The summed E-state index contributed by atoms with van der Waals surface area (Å²) >= 11 is 0. The molecule has 2 rings (SSSR count). The Morgan fingerprint density at radius 3 is 2.06 bits per heavy atom. The number of allylic oxidation sites excluding steroid dienone is 3. The van der Waals surface area contributed by atoms with Gasteiger partial charge in [-0.25, -0.2) is 0 Å². The van der Waals surface area contributed by atoms with Crippen LogP contribution in [0.5, 0.6) is 0 Å². The first-order chi connectivity index (χ1) is 14.9. The average Bonchev–Trinajstić information content (AvgIpc) is 2.82. The Balaban J connectivity index is 2.18. The van der Waals surface area contributed by atoms with Crippen molar-refractivity contribution in [2.24, 2.45) is 0 Å². The summed E-state index contributed by atoms with van der Waals surface area (Å²) in [5.74, 6) is 0. The highest BCUT2D eigenvalue weighted by Crippen LogP contribution is 2.26. The Morgan fingerprint density at radius 2 is 1.48 bits per heavy atom. The number of aryl methyl sites for hydroxylation is 2. The molecule has 2 aromatic rings. The van der Waals surface area contributed by atoms with E-state index in [2.05, 4.69) is 43.3 Å². The predicted octanol–water partition coefficient (Wildman–Crippen LogP) is 5.75. The molecule has 3 nitrogen and oxygen atoms in total. The van der Waals surface area contributed by atoms with Crippen molar-refractivity contribution in [3.63, 3.8) is 0 Å². The summed E-state index contributed by atoms with van der Waals surface area (Å²) in [5.41, 5.74) is 6.76. The first-order valence-electron chi connectivity index (χ1n) is 11.4. The zero-order valence-electron chi connectivity index (χ0n) is 19.5. The molecule has 0 radical (unpaired) electrons. The van der Waals surface area contributed by atoms with Gasteiger partial charge >= 0.3 is 0 Å². The van der Waals surface area contributed by atoms with Crippen LogP contribution >= 0.6 is 0 Å². The van der Waals surface area contributed by atoms with E-state index in [1.807, 2.05) is 39.0 Å². The summed E-state index contributed by atoms with van der Waals surface area (Å²) in [5, 5.41) is 29.6. The van der Waals surface area contributed by atoms with Gasteiger partial charge in [-0.05, 0) is 78.0 Å². The van der Waals surface area contributed by atoms with Crippen LogP contribution in [0.2, 0.25) is 0 Å². The average molecular weight is 423 g/mol. The van der Waals surface area contributed by atoms with Crippen molar-refractivity contribution < 1.29 is 15.3 Å². The minimum Gasteiger partial charge on any atom is -0.392 e. The maximum absolute atomic E-state index is 10.7. The molecule has 3 N–H and O–H groups in total. The zero-order chi connectivity index (χ0) is 22.9. The highest BCUT2D eigenvalue weighted by atomic mass is 16.3. The third kappa shape index (κ3) is 6.64. The lowest BCUT2D eigenvalue weighted by molar-refractivity contribution is 0.0702. The SMILES string of the molecule is CC/C(=C\C=C(/C)C(O)(CC)CC)c1cccc(CCc2ccc(CO)c(CO)c2)c1. The van der Waals surface area contributed by atoms with Crippen molar-refractivity contribution >= 4 is 5.57 Å². The Kier molecular flexibility index (Phi) is 9.70. The van der Waals surface area contributed by atoms with Gasteiger partial charge in [0, 0.05) is 0 Å². The lowest BCUT2D eigenvalue weighted by atomic mass is 9.88. The molecule has 0 bridgehead atoms. The Bertz CT molecular complexity index is 904. The van der Waals surface area contributed by atoms with E-state index >= 15 is 0 Å². The second kappa shape index (κ2) is 12.0. The molecule has 0 aliphatic heterocycles. The lowest BCUT2D eigenvalue weighted by Crippen LogP contribution is -2.27. The summed E-state index contributed by atoms with van der Waals surface area (Å²) in [6, 6.07) is 14.6. The van der Waals surface area contributed by atoms with E-state index in [1.54, 1.807) is 0 Å². The molecule has 0 amide bonds. The van der Waals surface area contributed by atoms with Gasteiger partial charge in [-0.2, -0.15) is 0 Å². The smallest absolute Gasteiger partial charge is 0.0851 e. The molecule has 0 heterocycles. The number of benzene rings is 2. The second-order valence-corrected chi connectivity index (χ2v) is 8.25. The van der Waals surface area contributed by atoms with Crippen LogP contribution in [0.3, 0.4) is 0 Å². The van der Waals surface area contributed by atoms with Gasteiger partial charge in [0.05, 0.1) is 18.8 Å². The van der Waals surface area contributed by atoms with Crippen LogP contribution in [0.4, 0.5) is 0 Å². The standard InChI is InChI=1S/C28H38O3/c1-5-24(15-11-21(4)28(31,6-2)7-3)25-10-8-9-22(17-25)12-13-23-14-16-26(19-29)27(18-23)20-30/h8-11,14-18,29-31H,5-7,12-13,19-20H2,1-4H3/b21-11+,24-15+. The highest BCUT2D eigenvalue weighted by Gasteiger charge is 2.23. The molecule has 0 unspecified atom stereocenters. The fourth-order valence-electron chi connectivity index (χ4n) is 3.96. The fraction of sp³-hybridized carbons (Fsp3) is 0.429. The van der Waals surface area contributed by atoms with Gasteiger partial charge in [-0.15, -0.1) is 0 Å². The van der Waals surface area contributed by atoms with Crippen LogP contribution < -0.4 is 0 Å². The number of hydrogen-bond acceptors (Lipinski definition) is 3. The molecule has 0 aliphatic rings. The molecule has 0 atom stereocenters. The molecule has 168 valence electrons. The first-order valence-corrected chi connectivity index (χ1v) is 11.4. The van der Waals surface area contributed by atoms with Gasteiger partial charge in [-0.1, -0.05) is 75.4 Å². The minimum absolute atomic E-state index is 0.0494. The van der Waals surface area contributed by atoms with Crippen molar-refractivity contribution in [1.29, 1.82) is 0 Å². The van der Waals surface area contributed by atoms with Crippen LogP contribution in [0.1, 0.15) is 74.8 Å². The highest BCUT2D eigenvalue weighted by molar-refractivity contribution is 5.67. The van der Waals surface area contributed by atoms with Crippen molar-refractivity contribution in [3.8, 4) is 0 Å². The molecule has 3 heteroatoms. The molecule has 0 fully saturated rings. The third-order valence-electron chi connectivity index (χ3n) is 6.43. The number of aliphatic hydroxyl groups excluding tert-OH is 2. The molecule has 2 aromatic carbocycles. The van der Waals surface area contributed by atoms with Gasteiger partial charge in [0.25, 0.3) is 0 Å². The fourth-order valence-corrected chi connectivity index (χ4v) is 3.96. The molecule has 0 saturated heterocycles. The molecular formula is C28H38O3. The summed E-state index contributed by atoms with van der Waals surface area (Å²) in [4.78, 5) is 0. The van der Waals surface area contributed by atoms with Gasteiger partial charge in [-0.3, -0.25) is 0 Å². The Hall–Kier alpha value is -2.20. The summed E-state index contributed by atoms with van der Waals surface area (Å²) < 4.78 is 0. The van der Waals surface area contributed by atoms with Crippen LogP contribution in [-0.2, 0) is 26.1 Å². The predicted molar refractivity (Wildman–Crippen MR) is 130 cm³/mol. The van der Waals surface area contributed by atoms with E-state index < -0.39 is 5.60 Å². The van der Waals surface area contributed by atoms with Crippen molar-refractivity contribution in [2.75, 3.05) is 0 Å². The number of rotatable bonds is 11. The number of hydrogen-bond donors (Lipinski definition) is 3. The molecular weight excluding hydrogens is 384 g/mol. The van der Waals surface area contributed by atoms with Gasteiger partial charge < -0.3 is 15.3 Å². The van der Waals surface area contributed by atoms with E-state index in [0.29, 0.717) is 12.8 Å². The summed E-state index contributed by atoms with van der Waals surface area (Å²) in [6.45, 7) is 8.11. The van der Waals surface area contributed by atoms with Crippen LogP contribution in [0, 0.1) is 0 Å². The van der Waals surface area contributed by atoms with Gasteiger partial charge in [0.2, 0.25) is 0 Å². The van der Waals surface area contributed by atoms with Crippen LogP contribution in [-0.4, -0.2) is 20.9 Å². The third-order valence-corrected chi connectivity index (χ3v) is 6.43. The Labute approximate surface area is 187 Å². The monoisotopic (exact) mass is 422 g/mol. The van der Waals surface area contributed by atoms with E-state index in [4.69, 9.17) is 0 Å². The van der Waals surface area contributed by atoms with Gasteiger partial charge in [0.1, 0.15) is 0 Å². The van der Waals surface area contributed by atoms with E-state index in [9.17, 15) is 15.3 Å². The van der Waals surface area contributed by atoms with Crippen LogP contribution in [0.25, 0.3) is 5.57 Å². The summed E-state index contributed by atoms with van der Waals surface area (Å²) in [7, 11) is 0. The zero-order valence-corrected chi connectivity index (χ0v) is 19.5. The molecule has 0 aliphatic carbocycles. The largest absolute Gasteiger partial charge is 0.392 e. The maximum Gasteiger partial charge on any atom is 0.0851 e. The van der Waals surface area contributed by atoms with Crippen molar-refractivity contribution in [1.82, 2.24) is 0 Å². The molecule has 0 aromatic heterocycles. The molecule has 31 heavy (non-hydrogen) atoms. The topological polar surface area (TPSA) is 60.7 Å². The molecule has 0 spiro atoms. The second-order valence-electron chi connectivity index (χ2n) is 8.25. The van der Waals surface area contributed by atoms with Crippen LogP contribution in [0.15, 0.2) is 60.2 Å². The van der Waals surface area contributed by atoms with Crippen molar-refractivity contribution in [2.45, 2.75) is 78.6 Å². The maximum atomic E-state index is 10.7. The van der Waals surface area contributed by atoms with E-state index in [-0.39, 0.29) is 13.2 Å². The van der Waals surface area contributed by atoms with E-state index in [0.717, 1.165) is 41.5 Å². The van der Waals surface area contributed by atoms with E-state index in [1.165, 1.54) is 16.7 Å². The number of aliphatic hydroxyl groups is 3. The van der Waals surface area contributed by atoms with Crippen molar-refractivity contribution in [3.05, 3.63) is 88.0 Å². The normalized spacial score (nSPS) is 13.0. The summed E-state index contributed by atoms with van der Waals surface area (Å²) in [6.07, 6.45) is 8.36. The lowest BCUT2D eigenvalue weighted by Gasteiger charge is -2.26. The minimum atomic E-state index is -0.726.